The third kappa shape index (κ3) is 8.63. The minimum absolute atomic E-state index is 0.0325. The van der Waals surface area contributed by atoms with Crippen molar-refractivity contribution in [2.75, 3.05) is 0 Å². The number of esters is 4. The molecule has 2 rings (SSSR count). The highest BCUT2D eigenvalue weighted by molar-refractivity contribution is 6.07. The highest BCUT2D eigenvalue weighted by Crippen LogP contribution is 2.32. The van der Waals surface area contributed by atoms with Crippen molar-refractivity contribution >= 4 is 35.7 Å². The van der Waals surface area contributed by atoms with Gasteiger partial charge in [0.05, 0.1) is 0 Å². The van der Waals surface area contributed by atoms with Gasteiger partial charge in [-0.3, -0.25) is 4.79 Å². The van der Waals surface area contributed by atoms with Gasteiger partial charge in [0.25, 0.3) is 0 Å². The molecule has 0 saturated heterocycles. The molecule has 0 unspecified atom stereocenters. The van der Waals surface area contributed by atoms with Gasteiger partial charge in [0.2, 0.25) is 0 Å². The Morgan fingerprint density at radius 3 is 1.35 bits per heavy atom. The Morgan fingerprint density at radius 2 is 0.925 bits per heavy atom. The summed E-state index contributed by atoms with van der Waals surface area (Å²) < 4.78 is 21.0. The molecular weight excluding hydrogens is 516 g/mol. The van der Waals surface area contributed by atoms with Crippen LogP contribution in [-0.2, 0) is 19.2 Å². The van der Waals surface area contributed by atoms with E-state index in [2.05, 4.69) is 26.3 Å². The van der Waals surface area contributed by atoms with Crippen molar-refractivity contribution in [2.24, 2.45) is 0 Å². The van der Waals surface area contributed by atoms with E-state index in [4.69, 9.17) is 18.9 Å². The van der Waals surface area contributed by atoms with Crippen LogP contribution in [0.15, 0.2) is 91.1 Å². The second kappa shape index (κ2) is 13.5. The smallest absolute Gasteiger partial charge is 0.338 e. The van der Waals surface area contributed by atoms with Crippen LogP contribution in [0.5, 0.6) is 23.0 Å². The molecule has 206 valence electrons. The molecule has 0 bridgehead atoms. The molecule has 2 aromatic carbocycles. The number of carbonyl (C=O) groups is 5. The second-order valence-corrected chi connectivity index (χ2v) is 8.74. The topological polar surface area (TPSA) is 122 Å². The lowest BCUT2D eigenvalue weighted by Gasteiger charge is -2.12. The fourth-order valence-corrected chi connectivity index (χ4v) is 2.63. The van der Waals surface area contributed by atoms with Crippen molar-refractivity contribution in [1.29, 1.82) is 0 Å². The van der Waals surface area contributed by atoms with Crippen LogP contribution in [0.25, 0.3) is 6.08 Å². The number of hydrogen-bond donors (Lipinski definition) is 0. The van der Waals surface area contributed by atoms with Crippen molar-refractivity contribution in [2.45, 2.75) is 27.7 Å². The molecule has 0 N–H and O–H groups in total. The average Bonchev–Trinajstić information content (AvgIpc) is 2.88. The molecule has 0 atom stereocenters. The molecule has 0 amide bonds. The number of carbonyl (C=O) groups excluding carboxylic acids is 5. The van der Waals surface area contributed by atoms with E-state index in [1.54, 1.807) is 0 Å². The Balaban J connectivity index is 2.40. The highest BCUT2D eigenvalue weighted by atomic mass is 16.6. The normalized spacial score (nSPS) is 10.3. The molecule has 0 saturated carbocycles. The first kappa shape index (κ1) is 30.9. The number of benzene rings is 2. The van der Waals surface area contributed by atoms with Crippen LogP contribution in [0.2, 0.25) is 0 Å². The summed E-state index contributed by atoms with van der Waals surface area (Å²) in [5.41, 5.74) is 1.00. The summed E-state index contributed by atoms with van der Waals surface area (Å²) in [6.45, 7) is 19.9. The summed E-state index contributed by atoms with van der Waals surface area (Å²) in [5.74, 6) is -3.84. The predicted octanol–water partition coefficient (Wildman–Crippen LogP) is 5.51. The van der Waals surface area contributed by atoms with Crippen LogP contribution >= 0.6 is 0 Å². The van der Waals surface area contributed by atoms with E-state index in [9.17, 15) is 24.0 Å². The van der Waals surface area contributed by atoms with Gasteiger partial charge in [-0.05, 0) is 69.7 Å². The zero-order valence-electron chi connectivity index (χ0n) is 22.6. The number of ketones is 1. The van der Waals surface area contributed by atoms with Crippen LogP contribution in [0.1, 0.15) is 43.6 Å². The molecule has 0 aliphatic heterocycles. The molecule has 2 aromatic rings. The van der Waals surface area contributed by atoms with E-state index in [1.807, 2.05) is 0 Å². The molecule has 0 aliphatic carbocycles. The van der Waals surface area contributed by atoms with Gasteiger partial charge in [-0.15, -0.1) is 0 Å². The van der Waals surface area contributed by atoms with Crippen LogP contribution in [-0.4, -0.2) is 29.7 Å². The molecule has 40 heavy (non-hydrogen) atoms. The van der Waals surface area contributed by atoms with Gasteiger partial charge in [-0.1, -0.05) is 38.5 Å². The van der Waals surface area contributed by atoms with Crippen molar-refractivity contribution in [3.8, 4) is 23.0 Å². The van der Waals surface area contributed by atoms with Crippen LogP contribution in [0, 0.1) is 0 Å². The number of allylic oxidation sites excluding steroid dienone is 1. The molecule has 0 heterocycles. The summed E-state index contributed by atoms with van der Waals surface area (Å²) in [4.78, 5) is 61.1. The first-order valence-electron chi connectivity index (χ1n) is 11.7. The quantitative estimate of drug-likeness (QED) is 0.156. The summed E-state index contributed by atoms with van der Waals surface area (Å²) in [7, 11) is 0. The lowest BCUT2D eigenvalue weighted by molar-refractivity contribution is -0.132. The first-order chi connectivity index (χ1) is 18.7. The van der Waals surface area contributed by atoms with E-state index >= 15 is 0 Å². The third-order valence-electron chi connectivity index (χ3n) is 4.83. The van der Waals surface area contributed by atoms with E-state index in [0.717, 1.165) is 0 Å². The summed E-state index contributed by atoms with van der Waals surface area (Å²) in [6, 6.07) is 8.25. The average molecular weight is 545 g/mol. The van der Waals surface area contributed by atoms with Gasteiger partial charge in [-0.25, -0.2) is 19.2 Å². The maximum absolute atomic E-state index is 12.9. The lowest BCUT2D eigenvalue weighted by atomic mass is 10.1. The second-order valence-electron chi connectivity index (χ2n) is 8.74. The monoisotopic (exact) mass is 544 g/mol. The van der Waals surface area contributed by atoms with E-state index in [0.29, 0.717) is 5.56 Å². The van der Waals surface area contributed by atoms with E-state index in [-0.39, 0.29) is 50.9 Å². The molecule has 9 nitrogen and oxygen atoms in total. The van der Waals surface area contributed by atoms with Crippen molar-refractivity contribution < 1.29 is 42.9 Å². The zero-order chi connectivity index (χ0) is 30.1. The molecular formula is C31H28O9. The molecule has 0 spiro atoms. The van der Waals surface area contributed by atoms with Crippen molar-refractivity contribution in [3.05, 3.63) is 102 Å². The molecule has 0 radical (unpaired) electrons. The summed E-state index contributed by atoms with van der Waals surface area (Å²) >= 11 is 0. The zero-order valence-corrected chi connectivity index (χ0v) is 22.6. The first-order valence-corrected chi connectivity index (χ1v) is 11.7. The Kier molecular flexibility index (Phi) is 10.4. The molecule has 0 fully saturated rings. The van der Waals surface area contributed by atoms with E-state index in [1.165, 1.54) is 76.2 Å². The van der Waals surface area contributed by atoms with Gasteiger partial charge in [0.15, 0.2) is 28.8 Å². The van der Waals surface area contributed by atoms with Crippen molar-refractivity contribution in [3.63, 3.8) is 0 Å². The molecule has 0 aromatic heterocycles. The highest BCUT2D eigenvalue weighted by Gasteiger charge is 2.18. The van der Waals surface area contributed by atoms with Crippen LogP contribution in [0.4, 0.5) is 0 Å². The standard InChI is InChI=1S/C31H28O9/c1-17(2)28(33)37-24-13-10-21(15-26(24)39-30(35)19(5)6)9-12-23(32)22-11-14-25(38-29(34)18(3)4)27(16-22)40-31(36)20(7)8/h9-16H,1,3,5,7H2,2,4,6,8H3/b12-9+. The number of ether oxygens (including phenoxy) is 4. The van der Waals surface area contributed by atoms with Crippen LogP contribution in [0.3, 0.4) is 0 Å². The van der Waals surface area contributed by atoms with Crippen LogP contribution < -0.4 is 18.9 Å². The predicted molar refractivity (Wildman–Crippen MR) is 148 cm³/mol. The minimum Gasteiger partial charge on any atom is -0.419 e. The van der Waals surface area contributed by atoms with Gasteiger partial charge in [-0.2, -0.15) is 0 Å². The fraction of sp³-hybridized carbons (Fsp3) is 0.129. The SMILES string of the molecule is C=C(C)C(=O)Oc1ccc(/C=C/C(=O)c2ccc(OC(=O)C(=C)C)c(OC(=O)C(=C)C)c2)cc1OC(=O)C(=C)C. The summed E-state index contributed by atoms with van der Waals surface area (Å²) in [5, 5.41) is 0. The van der Waals surface area contributed by atoms with E-state index < -0.39 is 29.7 Å². The lowest BCUT2D eigenvalue weighted by Crippen LogP contribution is -2.13. The van der Waals surface area contributed by atoms with Gasteiger partial charge < -0.3 is 18.9 Å². The Hall–Kier alpha value is -5.31. The number of rotatable bonds is 11. The fourth-order valence-electron chi connectivity index (χ4n) is 2.63. The maximum atomic E-state index is 12.9. The Labute approximate surface area is 231 Å². The minimum atomic E-state index is -0.781. The summed E-state index contributed by atoms with van der Waals surface area (Å²) in [6.07, 6.45) is 2.65. The maximum Gasteiger partial charge on any atom is 0.338 e. The van der Waals surface area contributed by atoms with Crippen molar-refractivity contribution in [1.82, 2.24) is 0 Å². The van der Waals surface area contributed by atoms with Gasteiger partial charge in [0.1, 0.15) is 0 Å². The van der Waals surface area contributed by atoms with Gasteiger partial charge in [0, 0.05) is 27.9 Å². The molecule has 0 aliphatic rings. The molecule has 9 heteroatoms. The van der Waals surface area contributed by atoms with Gasteiger partial charge >= 0.3 is 23.9 Å². The number of hydrogen-bond acceptors (Lipinski definition) is 9. The Morgan fingerprint density at radius 1 is 0.550 bits per heavy atom. The Bertz CT molecular complexity index is 1490. The third-order valence-corrected chi connectivity index (χ3v) is 4.83. The largest absolute Gasteiger partial charge is 0.419 e.